The van der Waals surface area contributed by atoms with E-state index in [-0.39, 0.29) is 59.2 Å². The zero-order valence-electron chi connectivity index (χ0n) is 37.2. The molecule has 0 amide bonds. The minimum atomic E-state index is -0.594. The molecule has 5 aliphatic rings. The number of hydrogen-bond acceptors (Lipinski definition) is 10. The largest absolute Gasteiger partial charge is 0.508 e. The predicted octanol–water partition coefficient (Wildman–Crippen LogP) is 10.2. The van der Waals surface area contributed by atoms with E-state index in [1.165, 1.54) is 38.1 Å². The molecule has 5 atom stereocenters. The first-order valence-corrected chi connectivity index (χ1v) is 22.9. The molecule has 5 aromatic rings. The van der Waals surface area contributed by atoms with Crippen molar-refractivity contribution in [2.45, 2.75) is 113 Å². The molecule has 2 fully saturated rings. The van der Waals surface area contributed by atoms with Crippen LogP contribution in [0.4, 0.5) is 11.5 Å². The van der Waals surface area contributed by atoms with Crippen LogP contribution < -0.4 is 25.3 Å². The van der Waals surface area contributed by atoms with Gasteiger partial charge in [0, 0.05) is 58.3 Å². The second-order valence-electron chi connectivity index (χ2n) is 19.1. The Labute approximate surface area is 375 Å². The van der Waals surface area contributed by atoms with E-state index in [0.29, 0.717) is 29.4 Å². The maximum absolute atomic E-state index is 12.5. The molecule has 4 aromatic carbocycles. The lowest BCUT2D eigenvalue weighted by Gasteiger charge is -2.39. The third kappa shape index (κ3) is 7.33. The van der Waals surface area contributed by atoms with E-state index in [1.807, 2.05) is 18.2 Å². The molecular formula is C54H57N3O7. The van der Waals surface area contributed by atoms with E-state index in [1.54, 1.807) is 19.2 Å². The molecule has 2 aliphatic heterocycles. The number of esters is 1. The Balaban J connectivity index is 1.17. The van der Waals surface area contributed by atoms with Crippen LogP contribution in [-0.4, -0.2) is 47.5 Å². The number of fused-ring (bicyclic) bond motifs is 7. The normalized spacial score (nSPS) is 23.2. The van der Waals surface area contributed by atoms with Gasteiger partial charge in [-0.3, -0.25) is 4.79 Å². The third-order valence-electron chi connectivity index (χ3n) is 15.1. The van der Waals surface area contributed by atoms with Crippen molar-refractivity contribution in [1.29, 1.82) is 0 Å². The number of methoxy groups -OCH3 is 2. The molecule has 64 heavy (non-hydrogen) atoms. The second kappa shape index (κ2) is 16.3. The monoisotopic (exact) mass is 859 g/mol. The number of nitrogens with one attached hydrogen (secondary N) is 1. The molecule has 1 spiro atoms. The van der Waals surface area contributed by atoms with Crippen LogP contribution in [0.25, 0.3) is 11.1 Å². The maximum atomic E-state index is 12.5. The Kier molecular flexibility index (Phi) is 10.6. The molecule has 0 radical (unpaired) electrons. The molecule has 10 heteroatoms. The van der Waals surface area contributed by atoms with Gasteiger partial charge in [-0.05, 0) is 134 Å². The smallest absolute Gasteiger partial charge is 0.302 e. The van der Waals surface area contributed by atoms with Crippen molar-refractivity contribution in [3.8, 4) is 51.7 Å². The fourth-order valence-electron chi connectivity index (χ4n) is 12.1. The van der Waals surface area contributed by atoms with Gasteiger partial charge in [0.05, 0.1) is 20.1 Å². The summed E-state index contributed by atoms with van der Waals surface area (Å²) in [7, 11) is 3.18. The molecular weight excluding hydrogens is 803 g/mol. The van der Waals surface area contributed by atoms with Gasteiger partial charge in [0.25, 0.3) is 0 Å². The minimum Gasteiger partial charge on any atom is -0.508 e. The fraction of sp³-hybridized carbons (Fsp3) is 0.407. The third-order valence-corrected chi connectivity index (χ3v) is 15.1. The first kappa shape index (κ1) is 41.7. The first-order chi connectivity index (χ1) is 31.0. The number of benzene rings is 4. The summed E-state index contributed by atoms with van der Waals surface area (Å²) in [5, 5.41) is 26.3. The van der Waals surface area contributed by atoms with Crippen molar-refractivity contribution in [1.82, 2.24) is 4.98 Å². The zero-order valence-corrected chi connectivity index (χ0v) is 37.2. The Morgan fingerprint density at radius 1 is 0.938 bits per heavy atom. The highest BCUT2D eigenvalue weighted by Gasteiger charge is 2.52. The minimum absolute atomic E-state index is 0.00635. The number of nitrogens with zero attached hydrogens (tertiary/aromatic N) is 1. The van der Waals surface area contributed by atoms with Crippen LogP contribution in [0.1, 0.15) is 128 Å². The summed E-state index contributed by atoms with van der Waals surface area (Å²) in [4.78, 5) is 17.4. The number of carbonyl (C=O) groups excluding carboxylic acids is 1. The number of aryl methyl sites for hydroxylation is 1. The fourth-order valence-corrected chi connectivity index (χ4v) is 12.1. The molecule has 10 nitrogen and oxygen atoms in total. The summed E-state index contributed by atoms with van der Waals surface area (Å²) in [6, 6.07) is 24.2. The average molecular weight is 860 g/mol. The van der Waals surface area contributed by atoms with Gasteiger partial charge in [-0.15, -0.1) is 0 Å². The van der Waals surface area contributed by atoms with Gasteiger partial charge in [0.1, 0.15) is 41.5 Å². The number of hydrogen-bond donors (Lipinski definition) is 4. The standard InChI is InChI=1S/C54H57N3O7/c1-31(58)63-30-42-39-16-17-40-49-35(24-36(59)26-47(49)62-4)29-54-23-20-34(28-54)37(15-14-32-10-5-6-12-43(32)57-53(2)21-7-8-22-53)38-18-19-48(55)56-44(38)13-9-11-33-25-45(60)46(61-3)27-41(33)51(42)64-52(39)50(40)54/h5-6,10,12,16-19,24-27,34,37,42,51,57,59-60H,7-8,11,14-15,20-23,28-30H2,1-4H3,(H2,55,56). The number of anilines is 2. The van der Waals surface area contributed by atoms with Gasteiger partial charge in [-0.2, -0.15) is 0 Å². The van der Waals surface area contributed by atoms with Crippen molar-refractivity contribution in [3.05, 3.63) is 117 Å². The molecule has 1 aromatic heterocycles. The summed E-state index contributed by atoms with van der Waals surface area (Å²) < 4.78 is 24.9. The van der Waals surface area contributed by atoms with Crippen LogP contribution in [0, 0.1) is 17.8 Å². The summed E-state index contributed by atoms with van der Waals surface area (Å²) in [5.41, 5.74) is 17.1. The van der Waals surface area contributed by atoms with Crippen molar-refractivity contribution >= 4 is 17.5 Å². The SMILES string of the molecule is COc1cc2c(cc1O)CC#Cc1nc(N)ccc1C(CCc1ccccc1NC1(C)CCCC1)C1CCC3(Cc4cc(O)cc(OC)c4-c4ccc5c(c43)OC2C5COC(C)=O)C1. The average Bonchev–Trinajstić information content (AvgIpc) is 4.00. The summed E-state index contributed by atoms with van der Waals surface area (Å²) in [5.74, 6) is 8.78. The Hall–Kier alpha value is -6.34. The van der Waals surface area contributed by atoms with Crippen LogP contribution in [0.15, 0.2) is 72.8 Å². The lowest BCUT2D eigenvalue weighted by Crippen LogP contribution is -2.32. The Morgan fingerprint density at radius 2 is 1.73 bits per heavy atom. The number of para-hydroxylation sites is 1. The van der Waals surface area contributed by atoms with Gasteiger partial charge < -0.3 is 40.2 Å². The van der Waals surface area contributed by atoms with E-state index in [2.05, 4.69) is 66.5 Å². The van der Waals surface area contributed by atoms with Gasteiger partial charge in [-0.25, -0.2) is 4.98 Å². The number of pyridine rings is 1. The van der Waals surface area contributed by atoms with Gasteiger partial charge >= 0.3 is 5.97 Å². The lowest BCUT2D eigenvalue weighted by atomic mass is 9.64. The van der Waals surface area contributed by atoms with E-state index in [9.17, 15) is 15.0 Å². The van der Waals surface area contributed by atoms with Crippen LogP contribution >= 0.6 is 0 Å². The molecule has 3 aliphatic carbocycles. The van der Waals surface area contributed by atoms with Crippen molar-refractivity contribution in [2.24, 2.45) is 5.92 Å². The van der Waals surface area contributed by atoms with Crippen LogP contribution in [0.5, 0.6) is 28.7 Å². The Bertz CT molecular complexity index is 2730. The van der Waals surface area contributed by atoms with E-state index in [0.717, 1.165) is 95.2 Å². The van der Waals surface area contributed by atoms with Gasteiger partial charge in [0.2, 0.25) is 0 Å². The van der Waals surface area contributed by atoms with Gasteiger partial charge in [0.15, 0.2) is 11.5 Å². The number of aromatic hydroxyl groups is 2. The second-order valence-corrected chi connectivity index (χ2v) is 19.1. The van der Waals surface area contributed by atoms with Crippen molar-refractivity contribution in [3.63, 3.8) is 0 Å². The Morgan fingerprint density at radius 3 is 2.53 bits per heavy atom. The molecule has 10 rings (SSSR count). The van der Waals surface area contributed by atoms with Crippen molar-refractivity contribution in [2.75, 3.05) is 31.9 Å². The highest BCUT2D eigenvalue weighted by Crippen LogP contribution is 2.63. The zero-order chi connectivity index (χ0) is 44.3. The van der Waals surface area contributed by atoms with Gasteiger partial charge in [-0.1, -0.05) is 55.2 Å². The number of nitrogen functional groups attached to an aromatic ring is 1. The number of phenolic OH excluding ortho intramolecular Hbond substituents is 2. The summed E-state index contributed by atoms with van der Waals surface area (Å²) in [6.07, 6.45) is 9.61. The molecule has 2 saturated carbocycles. The van der Waals surface area contributed by atoms with Crippen LogP contribution in [0.3, 0.4) is 0 Å². The number of carbonyl (C=O) groups is 1. The summed E-state index contributed by atoms with van der Waals surface area (Å²) >= 11 is 0. The number of aromatic nitrogens is 1. The lowest BCUT2D eigenvalue weighted by molar-refractivity contribution is -0.141. The number of rotatable bonds is 9. The maximum Gasteiger partial charge on any atom is 0.302 e. The van der Waals surface area contributed by atoms with E-state index >= 15 is 0 Å². The van der Waals surface area contributed by atoms with Crippen LogP contribution in [-0.2, 0) is 34.2 Å². The quantitative estimate of drug-likeness (QED) is 0.0835. The molecule has 3 heterocycles. The molecule has 4 bridgehead atoms. The number of phenols is 2. The highest BCUT2D eigenvalue weighted by atomic mass is 16.5. The van der Waals surface area contributed by atoms with E-state index in [4.69, 9.17) is 29.7 Å². The van der Waals surface area contributed by atoms with E-state index < -0.39 is 6.10 Å². The molecule has 5 N–H and O–H groups in total. The molecule has 5 unspecified atom stereocenters. The highest BCUT2D eigenvalue weighted by molar-refractivity contribution is 5.84. The first-order valence-electron chi connectivity index (χ1n) is 22.9. The number of nitrogens with two attached hydrogens (primary N) is 1. The predicted molar refractivity (Wildman–Crippen MR) is 247 cm³/mol. The number of ether oxygens (including phenoxy) is 4. The van der Waals surface area contributed by atoms with Crippen molar-refractivity contribution < 1.29 is 34.0 Å². The molecule has 330 valence electrons. The van der Waals surface area contributed by atoms with Crippen LogP contribution in [0.2, 0.25) is 0 Å². The molecule has 0 saturated heterocycles. The summed E-state index contributed by atoms with van der Waals surface area (Å²) in [6.45, 7) is 3.87. The topological polar surface area (TPSA) is 145 Å².